The first-order valence-electron chi connectivity index (χ1n) is 9.33. The molecule has 4 nitrogen and oxygen atoms in total. The maximum Gasteiger partial charge on any atom is 0.310 e. The third-order valence-electron chi connectivity index (χ3n) is 5.14. The van der Waals surface area contributed by atoms with Gasteiger partial charge in [-0.1, -0.05) is 55.3 Å². The molecule has 3 aromatic rings. The molecular formula is C22H21NO3S. The van der Waals surface area contributed by atoms with Gasteiger partial charge in [0.2, 0.25) is 0 Å². The second kappa shape index (κ2) is 8.01. The molecule has 5 heteroatoms. The van der Waals surface area contributed by atoms with Gasteiger partial charge in [-0.15, -0.1) is 11.3 Å². The van der Waals surface area contributed by atoms with Gasteiger partial charge >= 0.3 is 5.97 Å². The standard InChI is InChI=1S/C22H21NO3S/c24-19(15-8-2-1-3-9-15)14-26-22(25)17-11-5-4-10-16(17)21-23-18-12-6-7-13-20(18)27-21/h1-3,6-9,12-13,16-17H,4-5,10-11,14H2/t16-,17+/m0/s1. The van der Waals surface area contributed by atoms with Crippen LogP contribution in [0, 0.1) is 5.92 Å². The zero-order valence-electron chi connectivity index (χ0n) is 15.0. The molecule has 2 atom stereocenters. The Balaban J connectivity index is 1.47. The van der Waals surface area contributed by atoms with Crippen LogP contribution >= 0.6 is 11.3 Å². The Labute approximate surface area is 162 Å². The summed E-state index contributed by atoms with van der Waals surface area (Å²) in [5.41, 5.74) is 1.55. The van der Waals surface area contributed by atoms with Gasteiger partial charge in [-0.05, 0) is 25.0 Å². The van der Waals surface area contributed by atoms with Crippen molar-refractivity contribution in [2.45, 2.75) is 31.6 Å². The van der Waals surface area contributed by atoms with Crippen molar-refractivity contribution in [3.05, 3.63) is 65.2 Å². The van der Waals surface area contributed by atoms with Crippen LogP contribution in [0.15, 0.2) is 54.6 Å². The lowest BCUT2D eigenvalue weighted by Gasteiger charge is -2.28. The van der Waals surface area contributed by atoms with Crippen molar-refractivity contribution in [3.63, 3.8) is 0 Å². The van der Waals surface area contributed by atoms with Gasteiger partial charge in [-0.2, -0.15) is 0 Å². The van der Waals surface area contributed by atoms with Gasteiger partial charge in [0, 0.05) is 11.5 Å². The summed E-state index contributed by atoms with van der Waals surface area (Å²) in [5, 5.41) is 1.01. The van der Waals surface area contributed by atoms with E-state index in [1.807, 2.05) is 24.3 Å². The van der Waals surface area contributed by atoms with Gasteiger partial charge < -0.3 is 4.74 Å². The lowest BCUT2D eigenvalue weighted by atomic mass is 9.79. The van der Waals surface area contributed by atoms with Crippen LogP contribution in [0.25, 0.3) is 10.2 Å². The van der Waals surface area contributed by atoms with Gasteiger partial charge in [0.25, 0.3) is 0 Å². The van der Waals surface area contributed by atoms with E-state index in [0.29, 0.717) is 5.56 Å². The highest BCUT2D eigenvalue weighted by Gasteiger charge is 2.35. The van der Waals surface area contributed by atoms with Crippen molar-refractivity contribution in [2.75, 3.05) is 6.61 Å². The number of carbonyl (C=O) groups excluding carboxylic acids is 2. The number of carbonyl (C=O) groups is 2. The van der Waals surface area contributed by atoms with Crippen LogP contribution in [0.2, 0.25) is 0 Å². The average molecular weight is 379 g/mol. The Morgan fingerprint density at radius 3 is 2.56 bits per heavy atom. The Bertz CT molecular complexity index is 917. The summed E-state index contributed by atoms with van der Waals surface area (Å²) in [4.78, 5) is 29.7. The van der Waals surface area contributed by atoms with Crippen LogP contribution in [0.4, 0.5) is 0 Å². The summed E-state index contributed by atoms with van der Waals surface area (Å²) in [6.07, 6.45) is 3.83. The van der Waals surface area contributed by atoms with E-state index in [1.165, 1.54) is 0 Å². The molecule has 0 saturated heterocycles. The molecule has 1 saturated carbocycles. The normalized spacial score (nSPS) is 19.7. The Morgan fingerprint density at radius 2 is 1.74 bits per heavy atom. The molecule has 1 aromatic heterocycles. The minimum absolute atomic E-state index is 0.0791. The number of Topliss-reactive ketones (excluding diaryl/α,β-unsaturated/α-hetero) is 1. The highest BCUT2D eigenvalue weighted by molar-refractivity contribution is 7.18. The van der Waals surface area contributed by atoms with Gasteiger partial charge in [-0.3, -0.25) is 9.59 Å². The quantitative estimate of drug-likeness (QED) is 0.463. The fourth-order valence-corrected chi connectivity index (χ4v) is 4.88. The molecule has 4 rings (SSSR count). The number of ketones is 1. The molecule has 1 aliphatic rings. The van der Waals surface area contributed by atoms with E-state index in [9.17, 15) is 9.59 Å². The average Bonchev–Trinajstić information content (AvgIpc) is 3.16. The Kier molecular flexibility index (Phi) is 5.30. The summed E-state index contributed by atoms with van der Waals surface area (Å²) in [6, 6.07) is 17.0. The molecule has 1 heterocycles. The van der Waals surface area contributed by atoms with Gasteiger partial charge in [-0.25, -0.2) is 4.98 Å². The topological polar surface area (TPSA) is 56.3 Å². The molecule has 0 N–H and O–H groups in total. The smallest absolute Gasteiger partial charge is 0.310 e. The van der Waals surface area contributed by atoms with Gasteiger partial charge in [0.15, 0.2) is 12.4 Å². The fraction of sp³-hybridized carbons (Fsp3) is 0.318. The number of hydrogen-bond acceptors (Lipinski definition) is 5. The SMILES string of the molecule is O=C(COC(=O)[C@@H]1CCCC[C@@H]1c1nc2ccccc2s1)c1ccccc1. The highest BCUT2D eigenvalue weighted by Crippen LogP contribution is 2.41. The van der Waals surface area contributed by atoms with Crippen molar-refractivity contribution < 1.29 is 14.3 Å². The van der Waals surface area contributed by atoms with Crippen molar-refractivity contribution in [2.24, 2.45) is 5.92 Å². The molecule has 0 spiro atoms. The molecule has 0 radical (unpaired) electrons. The number of rotatable bonds is 5. The number of hydrogen-bond donors (Lipinski definition) is 0. The first kappa shape index (κ1) is 17.9. The zero-order valence-corrected chi connectivity index (χ0v) is 15.8. The lowest BCUT2D eigenvalue weighted by Crippen LogP contribution is -2.29. The molecule has 138 valence electrons. The Morgan fingerprint density at radius 1 is 1.00 bits per heavy atom. The number of para-hydroxylation sites is 1. The maximum absolute atomic E-state index is 12.7. The van der Waals surface area contributed by atoms with Crippen LogP contribution in [-0.2, 0) is 9.53 Å². The monoisotopic (exact) mass is 379 g/mol. The molecule has 2 aromatic carbocycles. The summed E-state index contributed by atoms with van der Waals surface area (Å²) in [6.45, 7) is -0.202. The van der Waals surface area contributed by atoms with E-state index in [-0.39, 0.29) is 30.2 Å². The predicted molar refractivity (Wildman–Crippen MR) is 106 cm³/mol. The van der Waals surface area contributed by atoms with Crippen LogP contribution in [0.5, 0.6) is 0 Å². The van der Waals surface area contributed by atoms with Crippen LogP contribution in [0.1, 0.15) is 47.0 Å². The van der Waals surface area contributed by atoms with Gasteiger partial charge in [0.05, 0.1) is 21.1 Å². The third kappa shape index (κ3) is 3.93. The molecule has 27 heavy (non-hydrogen) atoms. The largest absolute Gasteiger partial charge is 0.457 e. The van der Waals surface area contributed by atoms with Crippen LogP contribution < -0.4 is 0 Å². The number of thiazole rings is 1. The van der Waals surface area contributed by atoms with E-state index in [2.05, 4.69) is 6.07 Å². The summed E-state index contributed by atoms with van der Waals surface area (Å²) in [5.74, 6) is -0.585. The number of nitrogens with zero attached hydrogens (tertiary/aromatic N) is 1. The van der Waals surface area contributed by atoms with Crippen molar-refractivity contribution in [3.8, 4) is 0 Å². The summed E-state index contributed by atoms with van der Waals surface area (Å²) >= 11 is 1.66. The number of ether oxygens (including phenoxy) is 1. The van der Waals surface area contributed by atoms with Crippen molar-refractivity contribution >= 4 is 33.3 Å². The zero-order chi connectivity index (χ0) is 18.6. The number of aromatic nitrogens is 1. The lowest BCUT2D eigenvalue weighted by molar-refractivity contribution is -0.149. The molecular weight excluding hydrogens is 358 g/mol. The highest BCUT2D eigenvalue weighted by atomic mass is 32.1. The molecule has 0 bridgehead atoms. The molecule has 0 aliphatic heterocycles. The minimum atomic E-state index is -0.275. The number of benzene rings is 2. The number of esters is 1. The number of fused-ring (bicyclic) bond motifs is 1. The molecule has 1 fully saturated rings. The second-order valence-electron chi connectivity index (χ2n) is 6.91. The van der Waals surface area contributed by atoms with Crippen molar-refractivity contribution in [1.82, 2.24) is 4.98 Å². The van der Waals surface area contributed by atoms with E-state index < -0.39 is 0 Å². The summed E-state index contributed by atoms with van der Waals surface area (Å²) in [7, 11) is 0. The third-order valence-corrected chi connectivity index (χ3v) is 6.31. The summed E-state index contributed by atoms with van der Waals surface area (Å²) < 4.78 is 6.55. The van der Waals surface area contributed by atoms with Gasteiger partial charge in [0.1, 0.15) is 0 Å². The van der Waals surface area contributed by atoms with E-state index in [0.717, 1.165) is 40.9 Å². The van der Waals surface area contributed by atoms with Crippen LogP contribution in [-0.4, -0.2) is 23.3 Å². The molecule has 1 aliphatic carbocycles. The first-order chi connectivity index (χ1) is 13.2. The van der Waals surface area contributed by atoms with Crippen molar-refractivity contribution in [1.29, 1.82) is 0 Å². The maximum atomic E-state index is 12.7. The van der Waals surface area contributed by atoms with E-state index in [1.54, 1.807) is 35.6 Å². The minimum Gasteiger partial charge on any atom is -0.457 e. The fourth-order valence-electron chi connectivity index (χ4n) is 3.71. The Hall–Kier alpha value is -2.53. The predicted octanol–water partition coefficient (Wildman–Crippen LogP) is 5.00. The van der Waals surface area contributed by atoms with E-state index >= 15 is 0 Å². The van der Waals surface area contributed by atoms with E-state index in [4.69, 9.17) is 9.72 Å². The molecule has 0 amide bonds. The molecule has 0 unspecified atom stereocenters. The second-order valence-corrected chi connectivity index (χ2v) is 7.98. The van der Waals surface area contributed by atoms with Crippen LogP contribution in [0.3, 0.4) is 0 Å². The first-order valence-corrected chi connectivity index (χ1v) is 10.1.